The van der Waals surface area contributed by atoms with Gasteiger partial charge in [-0.05, 0) is 48.9 Å². The van der Waals surface area contributed by atoms with E-state index in [1.165, 1.54) is 27.9 Å². The molecule has 0 spiro atoms. The fourth-order valence-corrected chi connectivity index (χ4v) is 3.27. The Bertz CT molecular complexity index is 1000. The third kappa shape index (κ3) is 3.73. The number of para-hydroxylation sites is 2. The molecule has 130 valence electrons. The maximum absolute atomic E-state index is 3.34. The molecule has 0 bridgehead atoms. The number of likely N-dealkylation sites (N-methyl/N-ethyl adjacent to an activating group) is 1. The van der Waals surface area contributed by atoms with Gasteiger partial charge in [0.05, 0.1) is 0 Å². The number of hydrogen-bond donors (Lipinski definition) is 0. The van der Waals surface area contributed by atoms with Gasteiger partial charge in [0.2, 0.25) is 5.52 Å². The van der Waals surface area contributed by atoms with Crippen LogP contribution in [0.3, 0.4) is 0 Å². The summed E-state index contributed by atoms with van der Waals surface area (Å²) in [7, 11) is 0. The van der Waals surface area contributed by atoms with E-state index in [9.17, 15) is 0 Å². The number of halogens is 1. The molecular weight excluding hydrogens is 431 g/mol. The normalized spacial score (nSPS) is 14.7. The van der Waals surface area contributed by atoms with E-state index < -0.39 is 0 Å². The van der Waals surface area contributed by atoms with Gasteiger partial charge in [-0.15, -0.1) is 0 Å². The summed E-state index contributed by atoms with van der Waals surface area (Å²) in [4.78, 5) is 5.68. The van der Waals surface area contributed by atoms with Gasteiger partial charge in [0.25, 0.3) is 0 Å². The summed E-state index contributed by atoms with van der Waals surface area (Å²) in [5.41, 5.74) is 6.07. The zero-order valence-electron chi connectivity index (χ0n) is 14.7. The monoisotopic (exact) mass is 452 g/mol. The van der Waals surface area contributed by atoms with Gasteiger partial charge in [0.15, 0.2) is 6.20 Å². The molecular formula is C23H21IN2. The molecule has 2 nitrogen and oxygen atoms in total. The van der Waals surface area contributed by atoms with E-state index in [2.05, 4.69) is 95.7 Å². The van der Waals surface area contributed by atoms with Crippen LogP contribution in [0.1, 0.15) is 18.1 Å². The van der Waals surface area contributed by atoms with Crippen LogP contribution >= 0.6 is 0 Å². The number of aromatic amines is 1. The van der Waals surface area contributed by atoms with Crippen molar-refractivity contribution in [2.75, 3.05) is 11.4 Å². The van der Waals surface area contributed by atoms with Crippen LogP contribution in [0, 0.1) is 0 Å². The Morgan fingerprint density at radius 2 is 1.81 bits per heavy atom. The van der Waals surface area contributed by atoms with Gasteiger partial charge in [-0.25, -0.2) is 4.98 Å². The summed E-state index contributed by atoms with van der Waals surface area (Å²) in [6.45, 7) is 3.14. The van der Waals surface area contributed by atoms with E-state index in [-0.39, 0.29) is 24.0 Å². The fourth-order valence-electron chi connectivity index (χ4n) is 3.27. The zero-order chi connectivity index (χ0) is 17.1. The predicted octanol–water partition coefficient (Wildman–Crippen LogP) is 2.11. The first-order valence-corrected chi connectivity index (χ1v) is 8.68. The Labute approximate surface area is 171 Å². The number of fused-ring (bicyclic) bond motifs is 2. The maximum atomic E-state index is 3.34. The first-order chi connectivity index (χ1) is 12.3. The number of allylic oxidation sites excluding steroid dienone is 3. The Balaban J connectivity index is 0.00000196. The van der Waals surface area contributed by atoms with Crippen molar-refractivity contribution < 1.29 is 29.0 Å². The lowest BCUT2D eigenvalue weighted by atomic mass is 10.1. The summed E-state index contributed by atoms with van der Waals surface area (Å²) < 4.78 is 0. The number of aromatic nitrogens is 1. The molecule has 3 heteroatoms. The number of H-pyrrole nitrogens is 1. The SMILES string of the molecule is CCN1C(=CC=Cc2c[nH+]c3ccccc3c2)C=Cc2ccccc21.[I-]. The molecule has 0 aliphatic carbocycles. The first kappa shape index (κ1) is 18.4. The van der Waals surface area contributed by atoms with Crippen molar-refractivity contribution in [2.45, 2.75) is 6.92 Å². The van der Waals surface area contributed by atoms with Gasteiger partial charge in [0.1, 0.15) is 0 Å². The third-order valence-corrected chi connectivity index (χ3v) is 4.52. The maximum Gasteiger partial charge on any atom is 0.210 e. The van der Waals surface area contributed by atoms with E-state index in [4.69, 9.17) is 0 Å². The van der Waals surface area contributed by atoms with E-state index >= 15 is 0 Å². The van der Waals surface area contributed by atoms with Gasteiger partial charge >= 0.3 is 0 Å². The van der Waals surface area contributed by atoms with Crippen LogP contribution in [0.4, 0.5) is 5.69 Å². The lowest BCUT2D eigenvalue weighted by Crippen LogP contribution is -3.00. The highest BCUT2D eigenvalue weighted by atomic mass is 127. The lowest BCUT2D eigenvalue weighted by Gasteiger charge is -2.29. The molecule has 1 aliphatic rings. The van der Waals surface area contributed by atoms with E-state index in [0.717, 1.165) is 12.1 Å². The summed E-state index contributed by atoms with van der Waals surface area (Å²) in [5, 5.41) is 1.22. The average molecular weight is 452 g/mol. The van der Waals surface area contributed by atoms with Crippen LogP contribution in [-0.4, -0.2) is 6.54 Å². The summed E-state index contributed by atoms with van der Waals surface area (Å²) in [6, 6.07) is 19.0. The molecule has 1 N–H and O–H groups in total. The predicted molar refractivity (Wildman–Crippen MR) is 106 cm³/mol. The smallest absolute Gasteiger partial charge is 0.210 e. The van der Waals surface area contributed by atoms with Gasteiger partial charge in [0, 0.05) is 34.9 Å². The second-order valence-corrected chi connectivity index (χ2v) is 6.11. The minimum atomic E-state index is 0. The number of anilines is 1. The molecule has 0 unspecified atom stereocenters. The minimum Gasteiger partial charge on any atom is -1.00 e. The highest BCUT2D eigenvalue weighted by Crippen LogP contribution is 2.30. The summed E-state index contributed by atoms with van der Waals surface area (Å²) >= 11 is 0. The molecule has 0 radical (unpaired) electrons. The lowest BCUT2D eigenvalue weighted by molar-refractivity contribution is -0.344. The van der Waals surface area contributed by atoms with Gasteiger partial charge in [-0.1, -0.05) is 42.5 Å². The number of hydrogen-bond acceptors (Lipinski definition) is 1. The summed E-state index contributed by atoms with van der Waals surface area (Å²) in [5.74, 6) is 0. The van der Waals surface area contributed by atoms with E-state index in [1.54, 1.807) is 0 Å². The van der Waals surface area contributed by atoms with Crippen LogP contribution in [0.25, 0.3) is 23.1 Å². The Kier molecular flexibility index (Phi) is 5.89. The molecule has 4 rings (SSSR count). The van der Waals surface area contributed by atoms with Crippen LogP contribution in [0.15, 0.2) is 84.7 Å². The van der Waals surface area contributed by atoms with Crippen molar-refractivity contribution >= 4 is 28.7 Å². The van der Waals surface area contributed by atoms with Crippen molar-refractivity contribution in [3.8, 4) is 0 Å². The Hall–Kier alpha value is -2.40. The molecule has 26 heavy (non-hydrogen) atoms. The van der Waals surface area contributed by atoms with E-state index in [1.807, 2.05) is 12.3 Å². The van der Waals surface area contributed by atoms with Crippen molar-refractivity contribution in [1.82, 2.24) is 0 Å². The number of pyridine rings is 1. The molecule has 1 aliphatic heterocycles. The van der Waals surface area contributed by atoms with Crippen molar-refractivity contribution in [3.05, 3.63) is 95.8 Å². The van der Waals surface area contributed by atoms with Gasteiger partial charge in [-0.2, -0.15) is 0 Å². The second kappa shape index (κ2) is 8.32. The molecule has 3 aromatic rings. The number of benzene rings is 2. The standard InChI is InChI=1S/C23H20N2.HI/c1-2-25-21(15-14-19-9-4-6-13-23(19)25)11-7-8-18-16-20-10-3-5-12-22(20)24-17-18;/h3-17H,2H2,1H3;1H. The third-order valence-electron chi connectivity index (χ3n) is 4.52. The highest BCUT2D eigenvalue weighted by Gasteiger charge is 2.14. The first-order valence-electron chi connectivity index (χ1n) is 8.68. The molecule has 0 atom stereocenters. The Morgan fingerprint density at radius 1 is 1.00 bits per heavy atom. The molecule has 0 saturated carbocycles. The summed E-state index contributed by atoms with van der Waals surface area (Å²) in [6.07, 6.45) is 12.8. The largest absolute Gasteiger partial charge is 1.00 e. The van der Waals surface area contributed by atoms with Crippen molar-refractivity contribution in [1.29, 1.82) is 0 Å². The van der Waals surface area contributed by atoms with Crippen LogP contribution in [-0.2, 0) is 0 Å². The number of nitrogens with zero attached hydrogens (tertiary/aromatic N) is 1. The van der Waals surface area contributed by atoms with Crippen LogP contribution < -0.4 is 33.9 Å². The van der Waals surface area contributed by atoms with E-state index in [0.29, 0.717) is 0 Å². The number of nitrogens with one attached hydrogen (secondary N) is 1. The molecule has 0 saturated heterocycles. The minimum absolute atomic E-state index is 0. The topological polar surface area (TPSA) is 17.4 Å². The Morgan fingerprint density at radius 3 is 2.69 bits per heavy atom. The molecule has 2 heterocycles. The fraction of sp³-hybridized carbons (Fsp3) is 0.0870. The second-order valence-electron chi connectivity index (χ2n) is 6.11. The van der Waals surface area contributed by atoms with Gasteiger partial charge < -0.3 is 28.9 Å². The molecule has 1 aromatic heterocycles. The molecule has 0 amide bonds. The highest BCUT2D eigenvalue weighted by molar-refractivity contribution is 5.78. The van der Waals surface area contributed by atoms with Crippen LogP contribution in [0.5, 0.6) is 0 Å². The molecule has 2 aromatic carbocycles. The average Bonchev–Trinajstić information content (AvgIpc) is 2.67. The number of rotatable bonds is 3. The van der Waals surface area contributed by atoms with Crippen LogP contribution in [0.2, 0.25) is 0 Å². The molecule has 0 fully saturated rings. The quantitative estimate of drug-likeness (QED) is 0.557. The van der Waals surface area contributed by atoms with Gasteiger partial charge in [-0.3, -0.25) is 0 Å². The zero-order valence-corrected chi connectivity index (χ0v) is 16.9. The van der Waals surface area contributed by atoms with Crippen molar-refractivity contribution in [3.63, 3.8) is 0 Å². The van der Waals surface area contributed by atoms with Crippen molar-refractivity contribution in [2.24, 2.45) is 0 Å².